The van der Waals surface area contributed by atoms with Crippen molar-refractivity contribution in [2.75, 3.05) is 19.3 Å². The van der Waals surface area contributed by atoms with Crippen LogP contribution in [0.3, 0.4) is 0 Å². The Bertz CT molecular complexity index is 138. The zero-order valence-corrected chi connectivity index (χ0v) is 8.21. The van der Waals surface area contributed by atoms with E-state index in [0.717, 1.165) is 6.54 Å². The van der Waals surface area contributed by atoms with Crippen LogP contribution in [-0.4, -0.2) is 24.1 Å². The van der Waals surface area contributed by atoms with Crippen LogP contribution in [0.1, 0.15) is 19.8 Å². The molecule has 0 aromatic rings. The molecule has 0 radical (unpaired) electrons. The van der Waals surface area contributed by atoms with Crippen LogP contribution in [0.4, 0.5) is 0 Å². The van der Waals surface area contributed by atoms with Crippen molar-refractivity contribution in [1.29, 1.82) is 0 Å². The lowest BCUT2D eigenvalue weighted by Crippen LogP contribution is -2.25. The van der Waals surface area contributed by atoms with E-state index in [9.17, 15) is 0 Å². The van der Waals surface area contributed by atoms with E-state index in [1.54, 1.807) is 0 Å². The fourth-order valence-electron chi connectivity index (χ4n) is 1.09. The van der Waals surface area contributed by atoms with E-state index in [4.69, 9.17) is 0 Å². The molecule has 0 bridgehead atoms. The Hall–Kier alpha value is 0.0500. The van der Waals surface area contributed by atoms with Crippen molar-refractivity contribution in [1.82, 2.24) is 5.32 Å². The fraction of sp³-hybridized carbons (Fsp3) is 0.778. The van der Waals surface area contributed by atoms with Crippen LogP contribution >= 0.6 is 11.8 Å². The summed E-state index contributed by atoms with van der Waals surface area (Å²) in [5, 5.41) is 3.43. The summed E-state index contributed by atoms with van der Waals surface area (Å²) >= 11 is 2.01. The molecule has 1 nitrogen and oxygen atoms in total. The van der Waals surface area contributed by atoms with Gasteiger partial charge in [-0.2, -0.15) is 11.8 Å². The molecule has 1 saturated carbocycles. The van der Waals surface area contributed by atoms with E-state index in [-0.39, 0.29) is 0 Å². The lowest BCUT2D eigenvalue weighted by Gasteiger charge is -2.11. The molecule has 0 saturated heterocycles. The summed E-state index contributed by atoms with van der Waals surface area (Å²) in [6, 6.07) is 0. The molecule has 0 heterocycles. The van der Waals surface area contributed by atoms with Crippen molar-refractivity contribution < 1.29 is 0 Å². The monoisotopic (exact) mass is 171 g/mol. The Kier molecular flexibility index (Phi) is 3.46. The molecule has 1 rings (SSSR count). The third-order valence-corrected chi connectivity index (χ3v) is 3.60. The van der Waals surface area contributed by atoms with Crippen LogP contribution in [0.2, 0.25) is 0 Å². The first kappa shape index (κ1) is 9.14. The molecule has 1 fully saturated rings. The van der Waals surface area contributed by atoms with Crippen LogP contribution in [0, 0.1) is 0 Å². The smallest absolute Gasteiger partial charge is 0.0282 e. The second-order valence-electron chi connectivity index (χ2n) is 3.09. The highest BCUT2D eigenvalue weighted by molar-refractivity contribution is 8.00. The first-order valence-electron chi connectivity index (χ1n) is 4.20. The molecule has 11 heavy (non-hydrogen) atoms. The molecule has 0 aromatic heterocycles. The minimum Gasteiger partial charge on any atom is -0.312 e. The van der Waals surface area contributed by atoms with Gasteiger partial charge in [0.05, 0.1) is 0 Å². The maximum Gasteiger partial charge on any atom is 0.0282 e. The van der Waals surface area contributed by atoms with Gasteiger partial charge >= 0.3 is 0 Å². The van der Waals surface area contributed by atoms with Gasteiger partial charge in [0.2, 0.25) is 0 Å². The van der Waals surface area contributed by atoms with Crippen LogP contribution < -0.4 is 5.32 Å². The van der Waals surface area contributed by atoms with E-state index >= 15 is 0 Å². The van der Waals surface area contributed by atoms with Crippen molar-refractivity contribution >= 4 is 11.8 Å². The van der Waals surface area contributed by atoms with E-state index in [1.807, 2.05) is 11.8 Å². The number of thioether (sulfide) groups is 1. The Morgan fingerprint density at radius 3 is 2.73 bits per heavy atom. The first-order valence-corrected chi connectivity index (χ1v) is 5.42. The zero-order valence-electron chi connectivity index (χ0n) is 7.39. The number of nitrogens with one attached hydrogen (secondary N) is 1. The van der Waals surface area contributed by atoms with Crippen molar-refractivity contribution in [3.63, 3.8) is 0 Å². The minimum absolute atomic E-state index is 0.613. The van der Waals surface area contributed by atoms with Crippen molar-refractivity contribution in [2.45, 2.75) is 24.5 Å². The number of hydrogen-bond donors (Lipinski definition) is 1. The van der Waals surface area contributed by atoms with Gasteiger partial charge in [0.15, 0.2) is 0 Å². The van der Waals surface area contributed by atoms with E-state index in [0.29, 0.717) is 4.75 Å². The summed E-state index contributed by atoms with van der Waals surface area (Å²) in [4.78, 5) is 0. The molecule has 64 valence electrons. The summed E-state index contributed by atoms with van der Waals surface area (Å²) in [5.74, 6) is 0. The van der Waals surface area contributed by atoms with Gasteiger partial charge in [0.1, 0.15) is 0 Å². The maximum atomic E-state index is 3.43. The fourth-order valence-corrected chi connectivity index (χ4v) is 1.85. The molecule has 0 unspecified atom stereocenters. The Balaban J connectivity index is 2.03. The summed E-state index contributed by atoms with van der Waals surface area (Å²) < 4.78 is 0.613. The lowest BCUT2D eigenvalue weighted by atomic mass is 10.4. The SMILES string of the molecule is C/C=C/CNCC1(SC)CC1. The molecule has 2 heteroatoms. The average Bonchev–Trinajstić information content (AvgIpc) is 2.80. The van der Waals surface area contributed by atoms with Gasteiger partial charge in [0, 0.05) is 17.8 Å². The molecule has 0 atom stereocenters. The third kappa shape index (κ3) is 2.88. The molecule has 0 amide bonds. The highest BCUT2D eigenvalue weighted by Crippen LogP contribution is 2.46. The van der Waals surface area contributed by atoms with E-state index in [2.05, 4.69) is 30.6 Å². The van der Waals surface area contributed by atoms with Gasteiger partial charge < -0.3 is 5.32 Å². The Morgan fingerprint density at radius 2 is 2.27 bits per heavy atom. The summed E-state index contributed by atoms with van der Waals surface area (Å²) in [5.41, 5.74) is 0. The number of allylic oxidation sites excluding steroid dienone is 1. The minimum atomic E-state index is 0.613. The predicted octanol–water partition coefficient (Wildman–Crippen LogP) is 2.05. The quantitative estimate of drug-likeness (QED) is 0.502. The van der Waals surface area contributed by atoms with Crippen molar-refractivity contribution in [3.05, 3.63) is 12.2 Å². The van der Waals surface area contributed by atoms with Gasteiger partial charge in [-0.3, -0.25) is 0 Å². The Morgan fingerprint density at radius 1 is 1.55 bits per heavy atom. The highest BCUT2D eigenvalue weighted by Gasteiger charge is 2.40. The number of hydrogen-bond acceptors (Lipinski definition) is 2. The molecule has 0 spiro atoms. The summed E-state index contributed by atoms with van der Waals surface area (Å²) in [7, 11) is 0. The standard InChI is InChI=1S/C9H17NS/c1-3-4-7-10-8-9(11-2)5-6-9/h3-4,10H,5-8H2,1-2H3/b4-3+. The van der Waals surface area contributed by atoms with Crippen LogP contribution in [0.25, 0.3) is 0 Å². The van der Waals surface area contributed by atoms with Gasteiger partial charge in [-0.1, -0.05) is 12.2 Å². The van der Waals surface area contributed by atoms with Gasteiger partial charge in [-0.25, -0.2) is 0 Å². The maximum absolute atomic E-state index is 3.43. The van der Waals surface area contributed by atoms with E-state index < -0.39 is 0 Å². The molecule has 0 aromatic carbocycles. The van der Waals surface area contributed by atoms with Crippen LogP contribution in [0.15, 0.2) is 12.2 Å². The average molecular weight is 171 g/mol. The van der Waals surface area contributed by atoms with Gasteiger partial charge in [0.25, 0.3) is 0 Å². The molecular weight excluding hydrogens is 154 g/mol. The zero-order chi connectivity index (χ0) is 8.16. The second kappa shape index (κ2) is 4.17. The summed E-state index contributed by atoms with van der Waals surface area (Å²) in [6.07, 6.45) is 9.26. The molecule has 1 aliphatic rings. The third-order valence-electron chi connectivity index (χ3n) is 2.19. The second-order valence-corrected chi connectivity index (χ2v) is 4.36. The van der Waals surface area contributed by atoms with Gasteiger partial charge in [-0.15, -0.1) is 0 Å². The first-order chi connectivity index (χ1) is 5.33. The number of rotatable bonds is 5. The molecule has 1 aliphatic carbocycles. The Labute approximate surface area is 73.6 Å². The normalized spacial score (nSPS) is 20.9. The lowest BCUT2D eigenvalue weighted by molar-refractivity contribution is 0.713. The predicted molar refractivity (Wildman–Crippen MR) is 53.2 cm³/mol. The molecular formula is C9H17NS. The summed E-state index contributed by atoms with van der Waals surface area (Å²) in [6.45, 7) is 4.26. The van der Waals surface area contributed by atoms with Crippen molar-refractivity contribution in [2.24, 2.45) is 0 Å². The largest absolute Gasteiger partial charge is 0.312 e. The topological polar surface area (TPSA) is 12.0 Å². The van der Waals surface area contributed by atoms with Crippen LogP contribution in [0.5, 0.6) is 0 Å². The van der Waals surface area contributed by atoms with E-state index in [1.165, 1.54) is 19.4 Å². The molecule has 1 N–H and O–H groups in total. The molecule has 0 aliphatic heterocycles. The highest BCUT2D eigenvalue weighted by atomic mass is 32.2. The van der Waals surface area contributed by atoms with Gasteiger partial charge in [-0.05, 0) is 26.0 Å². The van der Waals surface area contributed by atoms with Crippen LogP contribution in [-0.2, 0) is 0 Å². The van der Waals surface area contributed by atoms with Crippen molar-refractivity contribution in [3.8, 4) is 0 Å².